The summed E-state index contributed by atoms with van der Waals surface area (Å²) < 4.78 is 5.17. The Morgan fingerprint density at radius 3 is 3.12 bits per heavy atom. The zero-order valence-corrected chi connectivity index (χ0v) is 9.90. The van der Waals surface area contributed by atoms with E-state index in [-0.39, 0.29) is 12.5 Å². The molecular weight excluding hydrogens is 218 g/mol. The molecule has 1 aliphatic rings. The van der Waals surface area contributed by atoms with Crippen molar-refractivity contribution < 1.29 is 9.53 Å². The van der Waals surface area contributed by atoms with E-state index in [0.29, 0.717) is 6.54 Å². The van der Waals surface area contributed by atoms with E-state index >= 15 is 0 Å². The average Bonchev–Trinajstić information content (AvgIpc) is 2.59. The molecule has 0 unspecified atom stereocenters. The maximum Gasteiger partial charge on any atom is 0.240 e. The minimum Gasteiger partial charge on any atom is -0.497 e. The van der Waals surface area contributed by atoms with Crippen LogP contribution in [0, 0.1) is 0 Å². The van der Waals surface area contributed by atoms with Gasteiger partial charge in [-0.15, -0.1) is 0 Å². The summed E-state index contributed by atoms with van der Waals surface area (Å²) in [4.78, 5) is 13.5. The van der Waals surface area contributed by atoms with Gasteiger partial charge in [0.25, 0.3) is 0 Å². The van der Waals surface area contributed by atoms with Crippen molar-refractivity contribution in [3.8, 4) is 5.75 Å². The van der Waals surface area contributed by atoms with Gasteiger partial charge in [-0.05, 0) is 18.6 Å². The number of fused-ring (bicyclic) bond motifs is 1. The Hall–Kier alpha value is -1.75. The molecule has 1 aliphatic heterocycles. The second-order valence-corrected chi connectivity index (χ2v) is 3.91. The lowest BCUT2D eigenvalue weighted by Crippen LogP contribution is -2.36. The van der Waals surface area contributed by atoms with E-state index in [1.54, 1.807) is 12.0 Å². The molecule has 0 atom stereocenters. The molecule has 5 nitrogen and oxygen atoms in total. The number of benzene rings is 1. The van der Waals surface area contributed by atoms with Crippen molar-refractivity contribution in [1.29, 1.82) is 0 Å². The highest BCUT2D eigenvalue weighted by Crippen LogP contribution is 2.32. The molecule has 0 saturated carbocycles. The van der Waals surface area contributed by atoms with Crippen LogP contribution in [-0.4, -0.2) is 32.7 Å². The second-order valence-electron chi connectivity index (χ2n) is 3.91. The summed E-state index contributed by atoms with van der Waals surface area (Å²) in [7, 11) is 1.63. The SMILES string of the molecule is COc1ccc2c(c1)NCCCN2C(=O)CN. The molecule has 0 radical (unpaired) electrons. The van der Waals surface area contributed by atoms with Gasteiger partial charge in [-0.3, -0.25) is 4.79 Å². The molecule has 0 aromatic heterocycles. The van der Waals surface area contributed by atoms with Gasteiger partial charge >= 0.3 is 0 Å². The number of hydrogen-bond donors (Lipinski definition) is 2. The van der Waals surface area contributed by atoms with E-state index in [9.17, 15) is 4.79 Å². The van der Waals surface area contributed by atoms with E-state index < -0.39 is 0 Å². The maximum atomic E-state index is 11.8. The van der Waals surface area contributed by atoms with Gasteiger partial charge < -0.3 is 20.7 Å². The summed E-state index contributed by atoms with van der Waals surface area (Å²) in [5.74, 6) is 0.721. The van der Waals surface area contributed by atoms with Crippen molar-refractivity contribution in [2.24, 2.45) is 5.73 Å². The quantitative estimate of drug-likeness (QED) is 0.795. The molecule has 2 rings (SSSR count). The van der Waals surface area contributed by atoms with Gasteiger partial charge in [0.1, 0.15) is 5.75 Å². The molecule has 0 aliphatic carbocycles. The summed E-state index contributed by atoms with van der Waals surface area (Å²) >= 11 is 0. The minimum atomic E-state index is -0.0554. The van der Waals surface area contributed by atoms with E-state index in [2.05, 4.69) is 5.32 Å². The van der Waals surface area contributed by atoms with Crippen LogP contribution in [0.5, 0.6) is 5.75 Å². The Balaban J connectivity index is 2.38. The first-order valence-electron chi connectivity index (χ1n) is 5.68. The second kappa shape index (κ2) is 5.05. The van der Waals surface area contributed by atoms with Crippen molar-refractivity contribution in [3.63, 3.8) is 0 Å². The van der Waals surface area contributed by atoms with Crippen molar-refractivity contribution in [2.45, 2.75) is 6.42 Å². The lowest BCUT2D eigenvalue weighted by molar-refractivity contribution is -0.117. The number of methoxy groups -OCH3 is 1. The molecule has 5 heteroatoms. The van der Waals surface area contributed by atoms with Crippen LogP contribution < -0.4 is 20.7 Å². The van der Waals surface area contributed by atoms with E-state index in [1.165, 1.54) is 0 Å². The normalized spacial score (nSPS) is 14.6. The van der Waals surface area contributed by atoms with Gasteiger partial charge in [0.05, 0.1) is 25.0 Å². The first-order valence-corrected chi connectivity index (χ1v) is 5.68. The Morgan fingerprint density at radius 2 is 2.41 bits per heavy atom. The van der Waals surface area contributed by atoms with Gasteiger partial charge in [-0.1, -0.05) is 0 Å². The third-order valence-electron chi connectivity index (χ3n) is 2.84. The molecular formula is C12H17N3O2. The number of nitrogens with zero attached hydrogens (tertiary/aromatic N) is 1. The highest BCUT2D eigenvalue weighted by Gasteiger charge is 2.20. The van der Waals surface area contributed by atoms with Gasteiger partial charge in [-0.2, -0.15) is 0 Å². The molecule has 1 amide bonds. The van der Waals surface area contributed by atoms with Gasteiger partial charge in [0, 0.05) is 19.2 Å². The Morgan fingerprint density at radius 1 is 1.59 bits per heavy atom. The molecule has 3 N–H and O–H groups in total. The lowest BCUT2D eigenvalue weighted by Gasteiger charge is -2.22. The predicted octanol–water partition coefficient (Wildman–Crippen LogP) is 0.802. The minimum absolute atomic E-state index is 0.0332. The molecule has 92 valence electrons. The number of rotatable bonds is 2. The molecule has 0 spiro atoms. The molecule has 0 fully saturated rings. The number of amides is 1. The van der Waals surface area contributed by atoms with Crippen LogP contribution in [0.1, 0.15) is 6.42 Å². The molecule has 0 bridgehead atoms. The van der Waals surface area contributed by atoms with Crippen LogP contribution in [0.2, 0.25) is 0 Å². The number of carbonyl (C=O) groups is 1. The smallest absolute Gasteiger partial charge is 0.240 e. The summed E-state index contributed by atoms with van der Waals surface area (Å²) in [6.07, 6.45) is 0.905. The van der Waals surface area contributed by atoms with Crippen LogP contribution in [0.25, 0.3) is 0 Å². The van der Waals surface area contributed by atoms with E-state index in [0.717, 1.165) is 30.1 Å². The fraction of sp³-hybridized carbons (Fsp3) is 0.417. The average molecular weight is 235 g/mol. The largest absolute Gasteiger partial charge is 0.497 e. The number of nitrogens with one attached hydrogen (secondary N) is 1. The van der Waals surface area contributed by atoms with Gasteiger partial charge in [-0.25, -0.2) is 0 Å². The third kappa shape index (κ3) is 2.34. The topological polar surface area (TPSA) is 67.6 Å². The van der Waals surface area contributed by atoms with Crippen LogP contribution in [0.15, 0.2) is 18.2 Å². The number of carbonyl (C=O) groups excluding carboxylic acids is 1. The molecule has 0 saturated heterocycles. The summed E-state index contributed by atoms with van der Waals surface area (Å²) in [5.41, 5.74) is 7.22. The lowest BCUT2D eigenvalue weighted by atomic mass is 10.2. The highest BCUT2D eigenvalue weighted by atomic mass is 16.5. The number of anilines is 2. The van der Waals surface area contributed by atoms with Crippen LogP contribution in [-0.2, 0) is 4.79 Å². The monoisotopic (exact) mass is 235 g/mol. The van der Waals surface area contributed by atoms with Crippen molar-refractivity contribution in [3.05, 3.63) is 18.2 Å². The third-order valence-corrected chi connectivity index (χ3v) is 2.84. The highest BCUT2D eigenvalue weighted by molar-refractivity contribution is 5.98. The molecule has 1 aromatic rings. The zero-order valence-electron chi connectivity index (χ0n) is 9.90. The molecule has 1 heterocycles. The van der Waals surface area contributed by atoms with Crippen molar-refractivity contribution in [2.75, 3.05) is 37.0 Å². The fourth-order valence-electron chi connectivity index (χ4n) is 1.97. The van der Waals surface area contributed by atoms with Crippen LogP contribution in [0.4, 0.5) is 11.4 Å². The summed E-state index contributed by atoms with van der Waals surface area (Å²) in [5, 5.41) is 3.29. The predicted molar refractivity (Wildman–Crippen MR) is 67.5 cm³/mol. The van der Waals surface area contributed by atoms with Crippen molar-refractivity contribution >= 4 is 17.3 Å². The van der Waals surface area contributed by atoms with Gasteiger partial charge in [0.15, 0.2) is 0 Å². The first-order chi connectivity index (χ1) is 8.26. The van der Waals surface area contributed by atoms with Crippen LogP contribution in [0.3, 0.4) is 0 Å². The summed E-state index contributed by atoms with van der Waals surface area (Å²) in [6.45, 7) is 1.57. The Kier molecular flexibility index (Phi) is 3.49. The number of nitrogens with two attached hydrogens (primary N) is 1. The zero-order chi connectivity index (χ0) is 12.3. The number of ether oxygens (including phenoxy) is 1. The molecule has 17 heavy (non-hydrogen) atoms. The van der Waals surface area contributed by atoms with Crippen molar-refractivity contribution in [1.82, 2.24) is 0 Å². The fourth-order valence-corrected chi connectivity index (χ4v) is 1.97. The summed E-state index contributed by atoms with van der Waals surface area (Å²) in [6, 6.07) is 5.64. The Labute approximate surface area is 101 Å². The maximum absolute atomic E-state index is 11.8. The van der Waals surface area contributed by atoms with E-state index in [1.807, 2.05) is 18.2 Å². The number of hydrogen-bond acceptors (Lipinski definition) is 4. The van der Waals surface area contributed by atoms with Crippen LogP contribution >= 0.6 is 0 Å². The Bertz CT molecular complexity index is 420. The van der Waals surface area contributed by atoms with E-state index in [4.69, 9.17) is 10.5 Å². The first kappa shape index (κ1) is 11.7. The van der Waals surface area contributed by atoms with Gasteiger partial charge in [0.2, 0.25) is 5.91 Å². The standard InChI is InChI=1S/C12H17N3O2/c1-17-9-3-4-11-10(7-9)14-5-2-6-15(11)12(16)8-13/h3-4,7,14H,2,5-6,8,13H2,1H3. The molecule has 1 aromatic carbocycles.